The van der Waals surface area contributed by atoms with Crippen LogP contribution in [0.4, 0.5) is 0 Å². The molecule has 2 aromatic heterocycles. The lowest BCUT2D eigenvalue weighted by Crippen LogP contribution is -2.52. The molecule has 1 aliphatic heterocycles. The molecule has 138 valence electrons. The van der Waals surface area contributed by atoms with Crippen molar-refractivity contribution in [1.82, 2.24) is 19.2 Å². The van der Waals surface area contributed by atoms with Crippen LogP contribution in [0.25, 0.3) is 0 Å². The van der Waals surface area contributed by atoms with Gasteiger partial charge in [0.25, 0.3) is 5.56 Å². The summed E-state index contributed by atoms with van der Waals surface area (Å²) in [6.07, 6.45) is 4.03. The normalized spacial score (nSPS) is 16.4. The van der Waals surface area contributed by atoms with Crippen LogP contribution in [0.1, 0.15) is 25.0 Å². The highest BCUT2D eigenvalue weighted by Crippen LogP contribution is 2.30. The Morgan fingerprint density at radius 2 is 1.96 bits per heavy atom. The van der Waals surface area contributed by atoms with Crippen LogP contribution in [0.15, 0.2) is 41.5 Å². The summed E-state index contributed by atoms with van der Waals surface area (Å²) in [4.78, 5) is 37.9. The number of aryl methyl sites for hydroxylation is 1. The molecule has 0 radical (unpaired) electrons. The topological polar surface area (TPSA) is 97.4 Å². The number of amides is 1. The number of hydrogen-bond acceptors (Lipinski definition) is 4. The third-order valence-corrected chi connectivity index (χ3v) is 5.10. The van der Waals surface area contributed by atoms with Gasteiger partial charge in [-0.1, -0.05) is 6.07 Å². The SMILES string of the molecule is Cc1cccc(=O)n1CCC(=O)N1CCC(C(=O)O)(n2cccn2)CC1. The van der Waals surface area contributed by atoms with E-state index in [2.05, 4.69) is 5.10 Å². The Labute approximate surface area is 150 Å². The molecule has 0 spiro atoms. The minimum absolute atomic E-state index is 0.0698. The maximum Gasteiger partial charge on any atom is 0.331 e. The molecule has 0 saturated carbocycles. The zero-order valence-electron chi connectivity index (χ0n) is 14.7. The van der Waals surface area contributed by atoms with Crippen LogP contribution in [0.5, 0.6) is 0 Å². The van der Waals surface area contributed by atoms with E-state index >= 15 is 0 Å². The largest absolute Gasteiger partial charge is 0.479 e. The first-order valence-corrected chi connectivity index (χ1v) is 8.62. The summed E-state index contributed by atoms with van der Waals surface area (Å²) < 4.78 is 3.05. The molecule has 1 saturated heterocycles. The van der Waals surface area contributed by atoms with Crippen LogP contribution in [-0.2, 0) is 21.7 Å². The summed E-state index contributed by atoms with van der Waals surface area (Å²) in [6, 6.07) is 6.70. The van der Waals surface area contributed by atoms with Crippen molar-refractivity contribution in [2.45, 2.75) is 38.3 Å². The van der Waals surface area contributed by atoms with Crippen molar-refractivity contribution in [1.29, 1.82) is 0 Å². The summed E-state index contributed by atoms with van der Waals surface area (Å²) in [6.45, 7) is 2.86. The van der Waals surface area contributed by atoms with Crippen molar-refractivity contribution < 1.29 is 14.7 Å². The summed E-state index contributed by atoms with van der Waals surface area (Å²) in [5.41, 5.74) is -0.416. The number of aliphatic carboxylic acids is 1. The minimum Gasteiger partial charge on any atom is -0.479 e. The Balaban J connectivity index is 1.63. The van der Waals surface area contributed by atoms with Crippen molar-refractivity contribution in [3.05, 3.63) is 52.7 Å². The molecule has 1 N–H and O–H groups in total. The van der Waals surface area contributed by atoms with Crippen LogP contribution in [0, 0.1) is 6.92 Å². The van der Waals surface area contributed by atoms with Gasteiger partial charge >= 0.3 is 5.97 Å². The first-order chi connectivity index (χ1) is 12.4. The zero-order valence-corrected chi connectivity index (χ0v) is 14.7. The number of piperidine rings is 1. The smallest absolute Gasteiger partial charge is 0.331 e. The van der Waals surface area contributed by atoms with E-state index in [4.69, 9.17) is 0 Å². The van der Waals surface area contributed by atoms with Crippen LogP contribution in [-0.4, -0.2) is 49.3 Å². The van der Waals surface area contributed by atoms with E-state index in [0.29, 0.717) is 32.5 Å². The molecule has 8 heteroatoms. The number of carbonyl (C=O) groups is 2. The lowest BCUT2D eigenvalue weighted by Gasteiger charge is -2.39. The highest BCUT2D eigenvalue weighted by Gasteiger charge is 2.44. The van der Waals surface area contributed by atoms with Crippen LogP contribution in [0.2, 0.25) is 0 Å². The van der Waals surface area contributed by atoms with Crippen molar-refractivity contribution in [2.75, 3.05) is 13.1 Å². The van der Waals surface area contributed by atoms with Gasteiger partial charge in [-0.05, 0) is 19.1 Å². The molecular weight excluding hydrogens is 336 g/mol. The molecule has 26 heavy (non-hydrogen) atoms. The predicted octanol–water partition coefficient (Wildman–Crippen LogP) is 0.846. The molecule has 0 unspecified atom stereocenters. The molecular formula is C18H22N4O4. The number of rotatable bonds is 5. The molecule has 0 bridgehead atoms. The quantitative estimate of drug-likeness (QED) is 0.854. The Kier molecular flexibility index (Phi) is 4.92. The Hall–Kier alpha value is -2.90. The highest BCUT2D eigenvalue weighted by atomic mass is 16.4. The first kappa shape index (κ1) is 17.9. The van der Waals surface area contributed by atoms with Gasteiger partial charge < -0.3 is 14.6 Å². The Morgan fingerprint density at radius 1 is 1.23 bits per heavy atom. The van der Waals surface area contributed by atoms with E-state index in [9.17, 15) is 19.5 Å². The number of pyridine rings is 1. The zero-order chi connectivity index (χ0) is 18.7. The van der Waals surface area contributed by atoms with Gasteiger partial charge in [-0.15, -0.1) is 0 Å². The monoisotopic (exact) mass is 358 g/mol. The van der Waals surface area contributed by atoms with Crippen molar-refractivity contribution >= 4 is 11.9 Å². The van der Waals surface area contributed by atoms with Crippen molar-refractivity contribution in [3.63, 3.8) is 0 Å². The standard InChI is InChI=1S/C18H22N4O4/c1-14-4-2-5-16(24)21(14)11-6-15(23)20-12-7-18(8-13-20,17(25)26)22-10-3-9-19-22/h2-5,9-10H,6-8,11-13H2,1H3,(H,25,26). The van der Waals surface area contributed by atoms with E-state index < -0.39 is 11.5 Å². The van der Waals surface area contributed by atoms with Gasteiger partial charge in [0.15, 0.2) is 5.54 Å². The second kappa shape index (κ2) is 7.15. The Bertz CT molecular complexity index is 848. The lowest BCUT2D eigenvalue weighted by molar-refractivity contribution is -0.153. The first-order valence-electron chi connectivity index (χ1n) is 8.62. The second-order valence-corrected chi connectivity index (χ2v) is 6.58. The third-order valence-electron chi connectivity index (χ3n) is 5.10. The van der Waals surface area contributed by atoms with E-state index in [0.717, 1.165) is 5.69 Å². The maximum atomic E-state index is 12.5. The van der Waals surface area contributed by atoms with Gasteiger partial charge in [-0.2, -0.15) is 5.10 Å². The maximum absolute atomic E-state index is 12.5. The molecule has 1 fully saturated rings. The molecule has 0 aromatic carbocycles. The van der Waals surface area contributed by atoms with Crippen molar-refractivity contribution in [2.24, 2.45) is 0 Å². The fraction of sp³-hybridized carbons (Fsp3) is 0.444. The lowest BCUT2D eigenvalue weighted by atomic mass is 9.87. The summed E-state index contributed by atoms with van der Waals surface area (Å²) in [7, 11) is 0. The fourth-order valence-corrected chi connectivity index (χ4v) is 3.46. The van der Waals surface area contributed by atoms with Gasteiger partial charge in [0, 0.05) is 63.1 Å². The number of aromatic nitrogens is 3. The molecule has 0 aliphatic carbocycles. The van der Waals surface area contributed by atoms with E-state index in [-0.39, 0.29) is 17.9 Å². The number of hydrogen-bond donors (Lipinski definition) is 1. The molecule has 3 heterocycles. The molecule has 1 aliphatic rings. The fourth-order valence-electron chi connectivity index (χ4n) is 3.46. The number of nitrogens with zero attached hydrogens (tertiary/aromatic N) is 4. The van der Waals surface area contributed by atoms with E-state index in [1.165, 1.54) is 10.7 Å². The van der Waals surface area contributed by atoms with Crippen LogP contribution >= 0.6 is 0 Å². The number of carboxylic acid groups (broad SMARTS) is 1. The summed E-state index contributed by atoms with van der Waals surface area (Å²) in [5.74, 6) is -1.00. The van der Waals surface area contributed by atoms with Gasteiger partial charge in [-0.3, -0.25) is 14.3 Å². The Morgan fingerprint density at radius 3 is 2.54 bits per heavy atom. The number of carboxylic acids is 1. The molecule has 8 nitrogen and oxygen atoms in total. The van der Waals surface area contributed by atoms with Crippen molar-refractivity contribution in [3.8, 4) is 0 Å². The summed E-state index contributed by atoms with van der Waals surface area (Å²) in [5, 5.41) is 13.8. The van der Waals surface area contributed by atoms with Gasteiger partial charge in [0.1, 0.15) is 0 Å². The second-order valence-electron chi connectivity index (χ2n) is 6.58. The molecule has 1 amide bonds. The highest BCUT2D eigenvalue weighted by molar-refractivity contribution is 5.79. The van der Waals surface area contributed by atoms with E-state index in [1.54, 1.807) is 34.0 Å². The molecule has 2 aromatic rings. The third kappa shape index (κ3) is 3.26. The van der Waals surface area contributed by atoms with Crippen LogP contribution in [0.3, 0.4) is 0 Å². The predicted molar refractivity (Wildman–Crippen MR) is 93.7 cm³/mol. The van der Waals surface area contributed by atoms with Gasteiger partial charge in [-0.25, -0.2) is 4.79 Å². The minimum atomic E-state index is -1.10. The molecule has 0 atom stereocenters. The summed E-state index contributed by atoms with van der Waals surface area (Å²) >= 11 is 0. The number of likely N-dealkylation sites (tertiary alicyclic amines) is 1. The average molecular weight is 358 g/mol. The molecule has 3 rings (SSSR count). The van der Waals surface area contributed by atoms with Gasteiger partial charge in [0.05, 0.1) is 0 Å². The average Bonchev–Trinajstić information content (AvgIpc) is 3.16. The van der Waals surface area contributed by atoms with Crippen LogP contribution < -0.4 is 5.56 Å². The number of carbonyl (C=O) groups excluding carboxylic acids is 1. The van der Waals surface area contributed by atoms with Gasteiger partial charge in [0.2, 0.25) is 5.91 Å². The van der Waals surface area contributed by atoms with E-state index in [1.807, 2.05) is 13.0 Å².